The Labute approximate surface area is 240 Å². The number of likely N-dealkylation sites (tertiary alicyclic amines) is 1. The summed E-state index contributed by atoms with van der Waals surface area (Å²) in [5, 5.41) is 3.12. The van der Waals surface area contributed by atoms with Gasteiger partial charge >= 0.3 is 0 Å². The summed E-state index contributed by atoms with van der Waals surface area (Å²) in [7, 11) is 6.20. The molecule has 1 aliphatic rings. The van der Waals surface area contributed by atoms with Gasteiger partial charge in [-0.25, -0.2) is 8.78 Å². The molecule has 0 aliphatic carbocycles. The molecule has 1 fully saturated rings. The Bertz CT molecular complexity index is 1220. The molecule has 0 aromatic heterocycles. The Kier molecular flexibility index (Phi) is 10.5. The fourth-order valence-electron chi connectivity index (χ4n) is 5.49. The Hall–Kier alpha value is -3.69. The van der Waals surface area contributed by atoms with Gasteiger partial charge in [-0.2, -0.15) is 0 Å². The van der Waals surface area contributed by atoms with Crippen LogP contribution < -0.4 is 19.5 Å². The first-order chi connectivity index (χ1) is 19.9. The minimum Gasteiger partial charge on any atom is -0.493 e. The van der Waals surface area contributed by atoms with Gasteiger partial charge in [0.1, 0.15) is 11.6 Å². The molecule has 3 aromatic rings. The van der Waals surface area contributed by atoms with Gasteiger partial charge in [-0.3, -0.25) is 4.79 Å². The molecule has 220 valence electrons. The number of rotatable bonds is 12. The first-order valence-corrected chi connectivity index (χ1v) is 13.7. The van der Waals surface area contributed by atoms with E-state index in [4.69, 9.17) is 18.9 Å². The second kappa shape index (κ2) is 14.3. The molecule has 0 bridgehead atoms. The number of carbonyl (C=O) groups is 1. The van der Waals surface area contributed by atoms with E-state index in [-0.39, 0.29) is 35.6 Å². The van der Waals surface area contributed by atoms with E-state index in [1.165, 1.54) is 45.6 Å². The number of hydrogen-bond acceptors (Lipinski definition) is 6. The molecule has 7 nitrogen and oxygen atoms in total. The quantitative estimate of drug-likeness (QED) is 0.315. The lowest BCUT2D eigenvalue weighted by Crippen LogP contribution is -2.54. The number of halogens is 2. The van der Waals surface area contributed by atoms with Gasteiger partial charge in [0.15, 0.2) is 11.5 Å². The zero-order valence-electron chi connectivity index (χ0n) is 24.0. The average molecular weight is 569 g/mol. The first-order valence-electron chi connectivity index (χ1n) is 13.7. The van der Waals surface area contributed by atoms with Crippen molar-refractivity contribution in [3.05, 3.63) is 89.0 Å². The predicted molar refractivity (Wildman–Crippen MR) is 153 cm³/mol. The van der Waals surface area contributed by atoms with E-state index in [2.05, 4.69) is 10.2 Å². The summed E-state index contributed by atoms with van der Waals surface area (Å²) in [6.07, 6.45) is 2.26. The van der Waals surface area contributed by atoms with Crippen molar-refractivity contribution in [1.82, 2.24) is 10.2 Å². The van der Waals surface area contributed by atoms with Crippen LogP contribution in [0.5, 0.6) is 17.2 Å². The highest BCUT2D eigenvalue weighted by Crippen LogP contribution is 2.38. The zero-order valence-corrected chi connectivity index (χ0v) is 24.0. The molecule has 0 saturated carbocycles. The predicted octanol–water partition coefficient (Wildman–Crippen LogP) is 5.42. The van der Waals surface area contributed by atoms with Crippen molar-refractivity contribution in [2.45, 2.75) is 37.3 Å². The highest BCUT2D eigenvalue weighted by Gasteiger charge is 2.31. The van der Waals surface area contributed by atoms with Crippen LogP contribution in [-0.4, -0.2) is 71.0 Å². The van der Waals surface area contributed by atoms with Crippen molar-refractivity contribution in [2.75, 3.05) is 48.1 Å². The van der Waals surface area contributed by atoms with Crippen LogP contribution in [0.25, 0.3) is 0 Å². The van der Waals surface area contributed by atoms with Gasteiger partial charge in [0.2, 0.25) is 5.75 Å². The number of nitrogens with zero attached hydrogens (tertiary/aromatic N) is 1. The number of carbonyl (C=O) groups excluding carboxylic acids is 1. The second-order valence-corrected chi connectivity index (χ2v) is 10.2. The Morgan fingerprint density at radius 1 is 0.902 bits per heavy atom. The van der Waals surface area contributed by atoms with E-state index < -0.39 is 0 Å². The summed E-state index contributed by atoms with van der Waals surface area (Å²) >= 11 is 0. The lowest BCUT2D eigenvalue weighted by Gasteiger charge is -2.38. The molecule has 0 radical (unpaired) electrons. The highest BCUT2D eigenvalue weighted by atomic mass is 19.1. The maximum absolute atomic E-state index is 13.6. The van der Waals surface area contributed by atoms with Gasteiger partial charge in [0.25, 0.3) is 5.91 Å². The molecule has 1 saturated heterocycles. The smallest absolute Gasteiger partial charge is 0.251 e. The van der Waals surface area contributed by atoms with Crippen LogP contribution in [0.2, 0.25) is 0 Å². The standard InChI is InChI=1S/C32H38F2N2O5/c1-38-28-18-23(19-29(39-2)31(28)41-4)32(37)35-27-15-17-36(20-30(27)40-3)16-5-6-26(21-7-11-24(33)12-8-21)22-9-13-25(34)14-10-22/h7-14,18-19,26-27,30H,5-6,15-17,20H2,1-4H3,(H,35,37). The Morgan fingerprint density at radius 2 is 1.46 bits per heavy atom. The van der Waals surface area contributed by atoms with Crippen molar-refractivity contribution in [3.63, 3.8) is 0 Å². The summed E-state index contributed by atoms with van der Waals surface area (Å²) in [6, 6.07) is 16.2. The highest BCUT2D eigenvalue weighted by molar-refractivity contribution is 5.95. The lowest BCUT2D eigenvalue weighted by molar-refractivity contribution is 0.00596. The fraction of sp³-hybridized carbons (Fsp3) is 0.406. The molecule has 2 unspecified atom stereocenters. The number of nitrogens with one attached hydrogen (secondary N) is 1. The molecule has 1 N–H and O–H groups in total. The fourth-order valence-corrected chi connectivity index (χ4v) is 5.49. The van der Waals surface area contributed by atoms with Gasteiger partial charge in [-0.15, -0.1) is 0 Å². The number of methoxy groups -OCH3 is 4. The SMILES string of the molecule is COc1cc(C(=O)NC2CCN(CCCC(c3ccc(F)cc3)c3ccc(F)cc3)CC2OC)cc(OC)c1OC. The maximum atomic E-state index is 13.6. The molecular weight excluding hydrogens is 530 g/mol. The molecule has 4 rings (SSSR count). The van der Waals surface area contributed by atoms with Gasteiger partial charge in [-0.1, -0.05) is 24.3 Å². The van der Waals surface area contributed by atoms with Crippen LogP contribution in [0.15, 0.2) is 60.7 Å². The average Bonchev–Trinajstić information content (AvgIpc) is 3.00. The molecule has 9 heteroatoms. The molecule has 41 heavy (non-hydrogen) atoms. The zero-order chi connectivity index (χ0) is 29.4. The van der Waals surface area contributed by atoms with Crippen LogP contribution in [0, 0.1) is 11.6 Å². The number of ether oxygens (including phenoxy) is 4. The monoisotopic (exact) mass is 568 g/mol. The van der Waals surface area contributed by atoms with Crippen LogP contribution in [0.4, 0.5) is 8.78 Å². The third-order valence-corrected chi connectivity index (χ3v) is 7.70. The molecule has 0 spiro atoms. The van der Waals surface area contributed by atoms with E-state index >= 15 is 0 Å². The molecule has 1 amide bonds. The van der Waals surface area contributed by atoms with Gasteiger partial charge < -0.3 is 29.2 Å². The van der Waals surface area contributed by atoms with Gasteiger partial charge in [0.05, 0.1) is 33.5 Å². The normalized spacial score (nSPS) is 17.3. The third-order valence-electron chi connectivity index (χ3n) is 7.70. The van der Waals surface area contributed by atoms with E-state index in [0.29, 0.717) is 29.4 Å². The van der Waals surface area contributed by atoms with Crippen molar-refractivity contribution in [3.8, 4) is 17.2 Å². The van der Waals surface area contributed by atoms with E-state index in [1.54, 1.807) is 43.5 Å². The van der Waals surface area contributed by atoms with E-state index in [9.17, 15) is 13.6 Å². The molecule has 3 aromatic carbocycles. The van der Waals surface area contributed by atoms with Crippen LogP contribution in [-0.2, 0) is 4.74 Å². The summed E-state index contributed by atoms with van der Waals surface area (Å²) in [5.74, 6) is 0.478. The van der Waals surface area contributed by atoms with Crippen molar-refractivity contribution >= 4 is 5.91 Å². The maximum Gasteiger partial charge on any atom is 0.251 e. The number of benzene rings is 3. The second-order valence-electron chi connectivity index (χ2n) is 10.2. The Morgan fingerprint density at radius 3 is 1.95 bits per heavy atom. The van der Waals surface area contributed by atoms with Crippen molar-refractivity contribution in [1.29, 1.82) is 0 Å². The largest absolute Gasteiger partial charge is 0.493 e. The summed E-state index contributed by atoms with van der Waals surface area (Å²) in [4.78, 5) is 15.5. The van der Waals surface area contributed by atoms with Crippen molar-refractivity contribution < 1.29 is 32.5 Å². The minimum atomic E-state index is -0.280. The van der Waals surface area contributed by atoms with E-state index in [0.717, 1.165) is 43.5 Å². The van der Waals surface area contributed by atoms with Crippen LogP contribution in [0.1, 0.15) is 46.7 Å². The number of piperidine rings is 1. The number of hydrogen-bond donors (Lipinski definition) is 1. The molecule has 2 atom stereocenters. The summed E-state index contributed by atoms with van der Waals surface area (Å²) in [5.41, 5.74) is 2.41. The molecule has 1 aliphatic heterocycles. The van der Waals surface area contributed by atoms with Gasteiger partial charge in [0, 0.05) is 31.7 Å². The molecule has 1 heterocycles. The number of amides is 1. The topological polar surface area (TPSA) is 69.3 Å². The first kappa shape index (κ1) is 30.3. The summed E-state index contributed by atoms with van der Waals surface area (Å²) in [6.45, 7) is 2.32. The van der Waals surface area contributed by atoms with Crippen molar-refractivity contribution in [2.24, 2.45) is 0 Å². The van der Waals surface area contributed by atoms with Crippen LogP contribution in [0.3, 0.4) is 0 Å². The summed E-state index contributed by atoms with van der Waals surface area (Å²) < 4.78 is 49.1. The van der Waals surface area contributed by atoms with E-state index in [1.807, 2.05) is 0 Å². The van der Waals surface area contributed by atoms with Gasteiger partial charge in [-0.05, 0) is 73.3 Å². The third kappa shape index (κ3) is 7.54. The lowest BCUT2D eigenvalue weighted by atomic mass is 9.87. The molecular formula is C32H38F2N2O5. The van der Waals surface area contributed by atoms with Crippen LogP contribution >= 0.6 is 0 Å². The Balaban J connectivity index is 1.36. The minimum absolute atomic E-state index is 0.0322.